The van der Waals surface area contributed by atoms with Crippen LogP contribution in [0.4, 0.5) is 0 Å². The number of hydrogen-bond donors (Lipinski definition) is 2. The molecule has 2 rings (SSSR count). The molecule has 2 aromatic carbocycles. The number of sulfonamides is 1. The Morgan fingerprint density at radius 2 is 1.92 bits per heavy atom. The predicted molar refractivity (Wildman–Crippen MR) is 89.6 cm³/mol. The van der Waals surface area contributed by atoms with E-state index in [0.29, 0.717) is 5.56 Å². The lowest BCUT2D eigenvalue weighted by atomic mass is 10.1. The number of nitrogens with one attached hydrogen (secondary N) is 2. The number of amides is 1. The summed E-state index contributed by atoms with van der Waals surface area (Å²) < 4.78 is 26.4. The van der Waals surface area contributed by atoms with Crippen LogP contribution < -0.4 is 10.0 Å². The SMILES string of the molecule is CCNS(=O)(=O)c1cccc(C(=O)NCc2cccc(C#N)c2)c1. The molecule has 0 fully saturated rings. The molecule has 1 amide bonds. The third kappa shape index (κ3) is 4.41. The van der Waals surface area contributed by atoms with Gasteiger partial charge in [0.15, 0.2) is 0 Å². The summed E-state index contributed by atoms with van der Waals surface area (Å²) in [7, 11) is -3.61. The van der Waals surface area contributed by atoms with Gasteiger partial charge in [-0.15, -0.1) is 0 Å². The van der Waals surface area contributed by atoms with E-state index in [4.69, 9.17) is 5.26 Å². The minimum Gasteiger partial charge on any atom is -0.348 e. The molecule has 124 valence electrons. The Morgan fingerprint density at radius 3 is 2.62 bits per heavy atom. The van der Waals surface area contributed by atoms with Crippen LogP contribution in [0.25, 0.3) is 0 Å². The van der Waals surface area contributed by atoms with E-state index < -0.39 is 10.0 Å². The lowest BCUT2D eigenvalue weighted by Gasteiger charge is -2.08. The normalized spacial score (nSPS) is 10.8. The highest BCUT2D eigenvalue weighted by Crippen LogP contribution is 2.12. The Morgan fingerprint density at radius 1 is 1.17 bits per heavy atom. The number of benzene rings is 2. The van der Waals surface area contributed by atoms with E-state index >= 15 is 0 Å². The van der Waals surface area contributed by atoms with Crippen molar-refractivity contribution in [3.63, 3.8) is 0 Å². The molecule has 0 spiro atoms. The molecule has 0 unspecified atom stereocenters. The average Bonchev–Trinajstić information content (AvgIpc) is 2.60. The van der Waals surface area contributed by atoms with Crippen molar-refractivity contribution in [3.8, 4) is 6.07 Å². The Labute approximate surface area is 141 Å². The first kappa shape index (κ1) is 17.7. The van der Waals surface area contributed by atoms with Gasteiger partial charge in [0.05, 0.1) is 16.5 Å². The molecule has 6 nitrogen and oxygen atoms in total. The molecule has 24 heavy (non-hydrogen) atoms. The molecule has 0 aliphatic rings. The summed E-state index contributed by atoms with van der Waals surface area (Å²) in [5, 5.41) is 11.6. The molecule has 0 aromatic heterocycles. The van der Waals surface area contributed by atoms with Crippen LogP contribution in [0.2, 0.25) is 0 Å². The zero-order valence-electron chi connectivity index (χ0n) is 13.1. The van der Waals surface area contributed by atoms with Gasteiger partial charge < -0.3 is 5.32 Å². The molecule has 0 saturated carbocycles. The highest BCUT2D eigenvalue weighted by atomic mass is 32.2. The number of nitriles is 1. The van der Waals surface area contributed by atoms with Crippen molar-refractivity contribution in [2.24, 2.45) is 0 Å². The molecule has 0 saturated heterocycles. The third-order valence-electron chi connectivity index (χ3n) is 3.25. The number of hydrogen-bond acceptors (Lipinski definition) is 4. The summed E-state index contributed by atoms with van der Waals surface area (Å²) in [5.74, 6) is -0.383. The van der Waals surface area contributed by atoms with Gasteiger partial charge >= 0.3 is 0 Å². The fourth-order valence-corrected chi connectivity index (χ4v) is 3.20. The van der Waals surface area contributed by atoms with Crippen molar-refractivity contribution in [1.29, 1.82) is 5.26 Å². The maximum Gasteiger partial charge on any atom is 0.251 e. The maximum absolute atomic E-state index is 12.2. The van der Waals surface area contributed by atoms with Crippen LogP contribution in [0, 0.1) is 11.3 Å². The maximum atomic E-state index is 12.2. The highest BCUT2D eigenvalue weighted by Gasteiger charge is 2.15. The van der Waals surface area contributed by atoms with Crippen LogP contribution >= 0.6 is 0 Å². The van der Waals surface area contributed by atoms with E-state index in [2.05, 4.69) is 10.0 Å². The van der Waals surface area contributed by atoms with Gasteiger partial charge in [-0.1, -0.05) is 25.1 Å². The molecule has 0 bridgehead atoms. The topological polar surface area (TPSA) is 99.1 Å². The molecular formula is C17H17N3O3S. The van der Waals surface area contributed by atoms with Gasteiger partial charge in [0.1, 0.15) is 0 Å². The molecule has 0 aliphatic carbocycles. The number of carbonyl (C=O) groups is 1. The standard InChI is InChI=1S/C17H17N3O3S/c1-2-20-24(22,23)16-8-4-7-15(10-16)17(21)19-12-14-6-3-5-13(9-14)11-18/h3-10,20H,2,12H2,1H3,(H,19,21). The van der Waals surface area contributed by atoms with Crippen molar-refractivity contribution in [1.82, 2.24) is 10.0 Å². The van der Waals surface area contributed by atoms with Gasteiger partial charge in [-0.25, -0.2) is 13.1 Å². The number of carbonyl (C=O) groups excluding carboxylic acids is 1. The van der Waals surface area contributed by atoms with Crippen molar-refractivity contribution in [2.75, 3.05) is 6.54 Å². The summed E-state index contributed by atoms with van der Waals surface area (Å²) in [6, 6.07) is 14.8. The van der Waals surface area contributed by atoms with Crippen LogP contribution in [-0.2, 0) is 16.6 Å². The lowest BCUT2D eigenvalue weighted by Crippen LogP contribution is -2.25. The molecule has 0 aliphatic heterocycles. The van der Waals surface area contributed by atoms with Crippen LogP contribution in [0.1, 0.15) is 28.4 Å². The van der Waals surface area contributed by atoms with Gasteiger partial charge in [0, 0.05) is 18.7 Å². The van der Waals surface area contributed by atoms with Crippen molar-refractivity contribution in [2.45, 2.75) is 18.4 Å². The van der Waals surface area contributed by atoms with Gasteiger partial charge in [0.25, 0.3) is 5.91 Å². The van der Waals surface area contributed by atoms with Crippen LogP contribution in [0.15, 0.2) is 53.4 Å². The number of nitrogens with zero attached hydrogens (tertiary/aromatic N) is 1. The molecule has 7 heteroatoms. The fourth-order valence-electron chi connectivity index (χ4n) is 2.11. The molecule has 2 aromatic rings. The first-order valence-corrected chi connectivity index (χ1v) is 8.81. The minimum atomic E-state index is -3.61. The lowest BCUT2D eigenvalue weighted by molar-refractivity contribution is 0.0950. The van der Waals surface area contributed by atoms with E-state index in [1.807, 2.05) is 6.07 Å². The van der Waals surface area contributed by atoms with Crippen molar-refractivity contribution >= 4 is 15.9 Å². The first-order chi connectivity index (χ1) is 11.5. The van der Waals surface area contributed by atoms with Crippen LogP contribution in [-0.4, -0.2) is 20.9 Å². The zero-order valence-corrected chi connectivity index (χ0v) is 13.9. The smallest absolute Gasteiger partial charge is 0.251 e. The van der Waals surface area contributed by atoms with Gasteiger partial charge in [-0.2, -0.15) is 5.26 Å². The van der Waals surface area contributed by atoms with Crippen molar-refractivity contribution < 1.29 is 13.2 Å². The predicted octanol–water partition coefficient (Wildman–Crippen LogP) is 1.79. The Bertz CT molecular complexity index is 886. The molecular weight excluding hydrogens is 326 g/mol. The Hall–Kier alpha value is -2.69. The largest absolute Gasteiger partial charge is 0.348 e. The number of rotatable bonds is 6. The zero-order chi connectivity index (χ0) is 17.6. The van der Waals surface area contributed by atoms with Gasteiger partial charge in [-0.05, 0) is 35.9 Å². The van der Waals surface area contributed by atoms with Crippen LogP contribution in [0.3, 0.4) is 0 Å². The van der Waals surface area contributed by atoms with E-state index in [-0.39, 0.29) is 29.5 Å². The summed E-state index contributed by atoms with van der Waals surface area (Å²) >= 11 is 0. The van der Waals surface area contributed by atoms with E-state index in [0.717, 1.165) is 5.56 Å². The molecule has 0 radical (unpaired) electrons. The highest BCUT2D eigenvalue weighted by molar-refractivity contribution is 7.89. The summed E-state index contributed by atoms with van der Waals surface area (Å²) in [6.07, 6.45) is 0. The quantitative estimate of drug-likeness (QED) is 0.835. The molecule has 0 atom stereocenters. The molecule has 2 N–H and O–H groups in total. The third-order valence-corrected chi connectivity index (χ3v) is 4.79. The van der Waals surface area contributed by atoms with Crippen molar-refractivity contribution in [3.05, 3.63) is 65.2 Å². The fraction of sp³-hybridized carbons (Fsp3) is 0.176. The monoisotopic (exact) mass is 343 g/mol. The Kier molecular flexibility index (Phi) is 5.68. The summed E-state index contributed by atoms with van der Waals surface area (Å²) in [4.78, 5) is 12.3. The summed E-state index contributed by atoms with van der Waals surface area (Å²) in [6.45, 7) is 2.20. The van der Waals surface area contributed by atoms with E-state index in [1.54, 1.807) is 37.3 Å². The Balaban J connectivity index is 2.11. The first-order valence-electron chi connectivity index (χ1n) is 7.33. The second-order valence-electron chi connectivity index (χ2n) is 5.02. The second-order valence-corrected chi connectivity index (χ2v) is 6.79. The molecule has 0 heterocycles. The minimum absolute atomic E-state index is 0.0449. The van der Waals surface area contributed by atoms with Gasteiger partial charge in [-0.3, -0.25) is 4.79 Å². The van der Waals surface area contributed by atoms with Gasteiger partial charge in [0.2, 0.25) is 10.0 Å². The van der Waals surface area contributed by atoms with E-state index in [9.17, 15) is 13.2 Å². The average molecular weight is 343 g/mol. The summed E-state index contributed by atoms with van der Waals surface area (Å²) in [5.41, 5.74) is 1.56. The van der Waals surface area contributed by atoms with E-state index in [1.165, 1.54) is 18.2 Å². The van der Waals surface area contributed by atoms with Crippen LogP contribution in [0.5, 0.6) is 0 Å². The second kappa shape index (κ2) is 7.73.